The molecule has 3 N–H and O–H groups in total. The molecule has 0 unspecified atom stereocenters. The number of nitrogens with one attached hydrogen (secondary N) is 1. The summed E-state index contributed by atoms with van der Waals surface area (Å²) in [5, 5.41) is 2.99. The number of amides is 1. The summed E-state index contributed by atoms with van der Waals surface area (Å²) in [7, 11) is 0. The van der Waals surface area contributed by atoms with Crippen LogP contribution in [-0.4, -0.2) is 16.9 Å². The number of nitrogens with two attached hydrogens (primary N) is 1. The SMILES string of the molecule is Nc1ccc(C(=O)NC2CCCC2)cn1. The molecule has 0 aliphatic heterocycles. The average Bonchev–Trinajstić information content (AvgIpc) is 2.71. The molecular formula is C11H15N3O. The second-order valence-corrected chi connectivity index (χ2v) is 3.93. The van der Waals surface area contributed by atoms with Gasteiger partial charge in [-0.15, -0.1) is 0 Å². The van der Waals surface area contributed by atoms with E-state index in [1.807, 2.05) is 0 Å². The molecule has 0 atom stereocenters. The van der Waals surface area contributed by atoms with Crippen molar-refractivity contribution in [2.75, 3.05) is 5.73 Å². The molecule has 1 saturated carbocycles. The van der Waals surface area contributed by atoms with E-state index in [0.29, 0.717) is 17.4 Å². The van der Waals surface area contributed by atoms with Gasteiger partial charge in [0.05, 0.1) is 5.56 Å². The Bertz CT molecular complexity index is 341. The Morgan fingerprint density at radius 1 is 1.40 bits per heavy atom. The van der Waals surface area contributed by atoms with Crippen molar-refractivity contribution in [3.8, 4) is 0 Å². The van der Waals surface area contributed by atoms with Crippen LogP contribution >= 0.6 is 0 Å². The third-order valence-corrected chi connectivity index (χ3v) is 2.74. The first-order valence-electron chi connectivity index (χ1n) is 5.28. The summed E-state index contributed by atoms with van der Waals surface area (Å²) in [6.07, 6.45) is 6.12. The monoisotopic (exact) mass is 205 g/mol. The van der Waals surface area contributed by atoms with Gasteiger partial charge < -0.3 is 11.1 Å². The normalized spacial score (nSPS) is 16.5. The molecule has 0 bridgehead atoms. The van der Waals surface area contributed by atoms with Gasteiger partial charge in [-0.1, -0.05) is 12.8 Å². The van der Waals surface area contributed by atoms with E-state index in [1.165, 1.54) is 19.0 Å². The molecule has 1 aromatic rings. The van der Waals surface area contributed by atoms with Crippen molar-refractivity contribution >= 4 is 11.7 Å². The molecule has 1 aliphatic carbocycles. The van der Waals surface area contributed by atoms with Crippen molar-refractivity contribution in [2.24, 2.45) is 0 Å². The number of carbonyl (C=O) groups is 1. The van der Waals surface area contributed by atoms with Gasteiger partial charge in [0.1, 0.15) is 5.82 Å². The van der Waals surface area contributed by atoms with E-state index in [1.54, 1.807) is 12.1 Å². The van der Waals surface area contributed by atoms with Crippen LogP contribution in [0.1, 0.15) is 36.0 Å². The van der Waals surface area contributed by atoms with Gasteiger partial charge in [-0.2, -0.15) is 0 Å². The molecule has 1 amide bonds. The van der Waals surface area contributed by atoms with Crippen molar-refractivity contribution in [1.29, 1.82) is 0 Å². The molecule has 1 fully saturated rings. The smallest absolute Gasteiger partial charge is 0.253 e. The largest absolute Gasteiger partial charge is 0.384 e. The average molecular weight is 205 g/mol. The Morgan fingerprint density at radius 3 is 2.73 bits per heavy atom. The maximum Gasteiger partial charge on any atom is 0.253 e. The van der Waals surface area contributed by atoms with Crippen molar-refractivity contribution < 1.29 is 4.79 Å². The van der Waals surface area contributed by atoms with E-state index in [4.69, 9.17) is 5.73 Å². The van der Waals surface area contributed by atoms with Gasteiger partial charge in [0.25, 0.3) is 5.91 Å². The first-order chi connectivity index (χ1) is 7.25. The summed E-state index contributed by atoms with van der Waals surface area (Å²) in [4.78, 5) is 15.6. The summed E-state index contributed by atoms with van der Waals surface area (Å²) < 4.78 is 0. The van der Waals surface area contributed by atoms with Crippen LogP contribution in [0.5, 0.6) is 0 Å². The highest BCUT2D eigenvalue weighted by Crippen LogP contribution is 2.18. The van der Waals surface area contributed by atoms with Gasteiger partial charge in [0.2, 0.25) is 0 Å². The number of anilines is 1. The number of carbonyl (C=O) groups excluding carboxylic acids is 1. The summed E-state index contributed by atoms with van der Waals surface area (Å²) >= 11 is 0. The molecular weight excluding hydrogens is 190 g/mol. The molecule has 0 saturated heterocycles. The Morgan fingerprint density at radius 2 is 2.13 bits per heavy atom. The summed E-state index contributed by atoms with van der Waals surface area (Å²) in [6, 6.07) is 3.69. The van der Waals surface area contributed by atoms with Crippen molar-refractivity contribution in [1.82, 2.24) is 10.3 Å². The second-order valence-electron chi connectivity index (χ2n) is 3.93. The van der Waals surface area contributed by atoms with Crippen molar-refractivity contribution in [2.45, 2.75) is 31.7 Å². The van der Waals surface area contributed by atoms with E-state index in [-0.39, 0.29) is 5.91 Å². The lowest BCUT2D eigenvalue weighted by atomic mass is 10.2. The van der Waals surface area contributed by atoms with Gasteiger partial charge >= 0.3 is 0 Å². The number of pyridine rings is 1. The van der Waals surface area contributed by atoms with Crippen LogP contribution in [0.2, 0.25) is 0 Å². The molecule has 2 rings (SSSR count). The lowest BCUT2D eigenvalue weighted by Crippen LogP contribution is -2.32. The number of aromatic nitrogens is 1. The zero-order valence-electron chi connectivity index (χ0n) is 8.57. The van der Waals surface area contributed by atoms with Crippen LogP contribution in [0.4, 0.5) is 5.82 Å². The standard InChI is InChI=1S/C11H15N3O/c12-10-6-5-8(7-13-10)11(15)14-9-3-1-2-4-9/h5-7,9H,1-4H2,(H2,12,13)(H,14,15). The predicted molar refractivity (Wildman–Crippen MR) is 58.4 cm³/mol. The topological polar surface area (TPSA) is 68.0 Å². The maximum atomic E-state index is 11.7. The molecule has 4 heteroatoms. The summed E-state index contributed by atoms with van der Waals surface area (Å²) in [5.74, 6) is 0.391. The highest BCUT2D eigenvalue weighted by atomic mass is 16.1. The van der Waals surface area contributed by atoms with Gasteiger partial charge in [-0.3, -0.25) is 4.79 Å². The quantitative estimate of drug-likeness (QED) is 0.765. The third kappa shape index (κ3) is 2.46. The third-order valence-electron chi connectivity index (χ3n) is 2.74. The van der Waals surface area contributed by atoms with Crippen molar-refractivity contribution in [3.05, 3.63) is 23.9 Å². The van der Waals surface area contributed by atoms with Crippen LogP contribution in [0, 0.1) is 0 Å². The van der Waals surface area contributed by atoms with Gasteiger partial charge in [0, 0.05) is 12.2 Å². The Balaban J connectivity index is 1.98. The zero-order valence-corrected chi connectivity index (χ0v) is 8.57. The number of rotatable bonds is 2. The predicted octanol–water partition coefficient (Wildman–Crippen LogP) is 1.34. The first-order valence-corrected chi connectivity index (χ1v) is 5.28. The van der Waals surface area contributed by atoms with Crippen molar-refractivity contribution in [3.63, 3.8) is 0 Å². The Labute approximate surface area is 88.9 Å². The fourth-order valence-corrected chi connectivity index (χ4v) is 1.88. The molecule has 15 heavy (non-hydrogen) atoms. The molecule has 1 heterocycles. The molecule has 1 aromatic heterocycles. The van der Waals surface area contributed by atoms with Gasteiger partial charge in [-0.25, -0.2) is 4.98 Å². The molecule has 0 radical (unpaired) electrons. The van der Waals surface area contributed by atoms with E-state index in [2.05, 4.69) is 10.3 Å². The minimum Gasteiger partial charge on any atom is -0.384 e. The van der Waals surface area contributed by atoms with E-state index in [0.717, 1.165) is 12.8 Å². The minimum atomic E-state index is -0.0469. The summed E-state index contributed by atoms with van der Waals surface area (Å²) in [6.45, 7) is 0. The molecule has 0 aromatic carbocycles. The van der Waals surface area contributed by atoms with Crippen LogP contribution in [0.15, 0.2) is 18.3 Å². The second kappa shape index (κ2) is 4.29. The maximum absolute atomic E-state index is 11.7. The van der Waals surface area contributed by atoms with Crippen LogP contribution in [-0.2, 0) is 0 Å². The zero-order chi connectivity index (χ0) is 10.7. The lowest BCUT2D eigenvalue weighted by molar-refractivity contribution is 0.0937. The number of nitrogens with zero attached hydrogens (tertiary/aromatic N) is 1. The van der Waals surface area contributed by atoms with Gasteiger partial charge in [0.15, 0.2) is 0 Å². The van der Waals surface area contributed by atoms with E-state index < -0.39 is 0 Å². The molecule has 1 aliphatic rings. The van der Waals surface area contributed by atoms with Crippen LogP contribution in [0.3, 0.4) is 0 Å². The summed E-state index contributed by atoms with van der Waals surface area (Å²) in [5.41, 5.74) is 6.03. The fourth-order valence-electron chi connectivity index (χ4n) is 1.88. The molecule has 4 nitrogen and oxygen atoms in total. The lowest BCUT2D eigenvalue weighted by Gasteiger charge is -2.11. The van der Waals surface area contributed by atoms with E-state index in [9.17, 15) is 4.79 Å². The molecule has 80 valence electrons. The highest BCUT2D eigenvalue weighted by molar-refractivity contribution is 5.94. The highest BCUT2D eigenvalue weighted by Gasteiger charge is 2.17. The van der Waals surface area contributed by atoms with Crippen LogP contribution < -0.4 is 11.1 Å². The number of nitrogen functional groups attached to an aromatic ring is 1. The fraction of sp³-hybridized carbons (Fsp3) is 0.455. The number of hydrogen-bond donors (Lipinski definition) is 2. The Kier molecular flexibility index (Phi) is 2.85. The van der Waals surface area contributed by atoms with E-state index >= 15 is 0 Å². The first kappa shape index (κ1) is 9.96. The Hall–Kier alpha value is -1.58. The molecule has 0 spiro atoms. The number of hydrogen-bond acceptors (Lipinski definition) is 3. The minimum absolute atomic E-state index is 0.0469. The van der Waals surface area contributed by atoms with Gasteiger partial charge in [-0.05, 0) is 25.0 Å². The van der Waals surface area contributed by atoms with Crippen LogP contribution in [0.25, 0.3) is 0 Å².